The van der Waals surface area contributed by atoms with Crippen molar-refractivity contribution in [1.29, 1.82) is 0 Å². The third kappa shape index (κ3) is 4.17. The standard InChI is InChI=1S/C45H27N5S/c1-3-14-28(15-4-1)43-46-44(35-22-13-21-33-31-19-9-12-25-39(31)51-42(33)35)48-45(47-43)50-36-23-10-7-18-30(36)32-26-27-38-40(41(32)50)34-20-8-11-24-37(34)49(38)29-16-5-2-6-17-29/h1-27H/i2D,5D,6D,16D,17D. The topological polar surface area (TPSA) is 48.5 Å². The first-order valence-corrected chi connectivity index (χ1v) is 17.5. The van der Waals surface area contributed by atoms with Gasteiger partial charge in [0, 0.05) is 58.5 Å². The molecule has 0 saturated heterocycles. The van der Waals surface area contributed by atoms with Gasteiger partial charge in [0.2, 0.25) is 5.95 Å². The highest BCUT2D eigenvalue weighted by Crippen LogP contribution is 2.43. The maximum atomic E-state index is 8.97. The zero-order valence-electron chi connectivity index (χ0n) is 31.8. The fourth-order valence-corrected chi connectivity index (χ4v) is 8.75. The van der Waals surface area contributed by atoms with Gasteiger partial charge in [-0.3, -0.25) is 4.57 Å². The third-order valence-electron chi connectivity index (χ3n) is 9.68. The van der Waals surface area contributed by atoms with Gasteiger partial charge in [-0.2, -0.15) is 9.97 Å². The summed E-state index contributed by atoms with van der Waals surface area (Å²) < 4.78 is 49.4. The fourth-order valence-electron chi connectivity index (χ4n) is 7.54. The van der Waals surface area contributed by atoms with E-state index >= 15 is 0 Å². The monoisotopic (exact) mass is 674 g/mol. The first-order valence-electron chi connectivity index (χ1n) is 19.1. The summed E-state index contributed by atoms with van der Waals surface area (Å²) in [7, 11) is 0. The Labute approximate surface area is 303 Å². The largest absolute Gasteiger partial charge is 0.309 e. The molecule has 4 heterocycles. The molecule has 11 rings (SSSR count). The summed E-state index contributed by atoms with van der Waals surface area (Å²) in [5.41, 5.74) is 4.98. The third-order valence-corrected chi connectivity index (χ3v) is 10.9. The highest BCUT2D eigenvalue weighted by molar-refractivity contribution is 7.26. The molecule has 5 nitrogen and oxygen atoms in total. The number of benzene rings is 7. The smallest absolute Gasteiger partial charge is 0.238 e. The van der Waals surface area contributed by atoms with Crippen molar-refractivity contribution >= 4 is 75.1 Å². The first kappa shape index (κ1) is 23.7. The van der Waals surface area contributed by atoms with E-state index in [9.17, 15) is 0 Å². The predicted octanol–water partition coefficient (Wildman–Crippen LogP) is 11.8. The normalized spacial score (nSPS) is 13.3. The Bertz CT molecular complexity index is 3410. The van der Waals surface area contributed by atoms with Crippen LogP contribution in [-0.4, -0.2) is 24.1 Å². The number of para-hydroxylation sites is 3. The molecule has 0 spiro atoms. The zero-order chi connectivity index (χ0) is 37.8. The van der Waals surface area contributed by atoms with Gasteiger partial charge >= 0.3 is 0 Å². The maximum absolute atomic E-state index is 8.97. The summed E-state index contributed by atoms with van der Waals surface area (Å²) in [4.78, 5) is 15.7. The molecular formula is C45H27N5S. The summed E-state index contributed by atoms with van der Waals surface area (Å²) >= 11 is 1.72. The van der Waals surface area contributed by atoms with Crippen LogP contribution in [0.3, 0.4) is 0 Å². The van der Waals surface area contributed by atoms with Gasteiger partial charge in [-0.05, 0) is 42.4 Å². The van der Waals surface area contributed by atoms with E-state index in [4.69, 9.17) is 21.8 Å². The molecule has 0 fully saturated rings. The Morgan fingerprint density at radius 2 is 1.18 bits per heavy atom. The molecule has 0 bridgehead atoms. The van der Waals surface area contributed by atoms with E-state index < -0.39 is 6.04 Å². The molecule has 7 aromatic carbocycles. The summed E-state index contributed by atoms with van der Waals surface area (Å²) in [6, 6.07) is 42.8. The molecule has 0 aliphatic carbocycles. The lowest BCUT2D eigenvalue weighted by Gasteiger charge is -2.12. The zero-order valence-corrected chi connectivity index (χ0v) is 27.7. The lowest BCUT2D eigenvalue weighted by molar-refractivity contribution is 0.956. The Morgan fingerprint density at radius 3 is 2.02 bits per heavy atom. The molecule has 0 unspecified atom stereocenters. The molecule has 0 atom stereocenters. The average Bonchev–Trinajstić information content (AvgIpc) is 3.90. The number of hydrogen-bond acceptors (Lipinski definition) is 4. The van der Waals surface area contributed by atoms with Crippen molar-refractivity contribution in [3.05, 3.63) is 164 Å². The van der Waals surface area contributed by atoms with E-state index in [0.29, 0.717) is 28.6 Å². The fraction of sp³-hybridized carbons (Fsp3) is 0. The van der Waals surface area contributed by atoms with Gasteiger partial charge in [0.15, 0.2) is 11.6 Å². The summed E-state index contributed by atoms with van der Waals surface area (Å²) in [5, 5.41) is 6.00. The van der Waals surface area contributed by atoms with E-state index in [-0.39, 0.29) is 29.9 Å². The molecule has 4 aromatic heterocycles. The van der Waals surface area contributed by atoms with Crippen molar-refractivity contribution in [2.75, 3.05) is 0 Å². The molecule has 51 heavy (non-hydrogen) atoms. The number of rotatable bonds is 4. The summed E-state index contributed by atoms with van der Waals surface area (Å²) in [6.45, 7) is 0. The lowest BCUT2D eigenvalue weighted by Crippen LogP contribution is -2.06. The van der Waals surface area contributed by atoms with Crippen molar-refractivity contribution in [3.63, 3.8) is 0 Å². The van der Waals surface area contributed by atoms with Gasteiger partial charge in [0.1, 0.15) is 0 Å². The minimum absolute atomic E-state index is 0.0921. The predicted molar refractivity (Wildman–Crippen MR) is 212 cm³/mol. The average molecular weight is 675 g/mol. The minimum atomic E-state index is -0.432. The molecular weight excluding hydrogens is 643 g/mol. The summed E-state index contributed by atoms with van der Waals surface area (Å²) in [5.74, 6) is 1.51. The number of nitrogens with zero attached hydrogens (tertiary/aromatic N) is 5. The summed E-state index contributed by atoms with van der Waals surface area (Å²) in [6.07, 6.45) is 0. The SMILES string of the molecule is [2H]c1c([2H])c([2H])c(-n2c3ccccc3c3c2ccc2c4ccccc4n(-c4nc(-c5ccccc5)nc(-c5cccc6c5sc5ccccc56)n4)c23)c([2H])c1[2H]. The molecule has 11 aromatic rings. The second-order valence-electron chi connectivity index (χ2n) is 12.5. The first-order chi connectivity index (χ1) is 27.4. The molecule has 0 amide bonds. The van der Waals surface area contributed by atoms with Crippen molar-refractivity contribution in [2.45, 2.75) is 0 Å². The second kappa shape index (κ2) is 10.9. The Balaban J connectivity index is 1.29. The van der Waals surface area contributed by atoms with Crippen LogP contribution in [0.4, 0.5) is 0 Å². The molecule has 0 aliphatic rings. The van der Waals surface area contributed by atoms with Crippen molar-refractivity contribution < 1.29 is 6.85 Å². The van der Waals surface area contributed by atoms with Crippen LogP contribution in [0.15, 0.2) is 164 Å². The highest BCUT2D eigenvalue weighted by Gasteiger charge is 2.23. The van der Waals surface area contributed by atoms with Crippen LogP contribution in [0, 0.1) is 0 Å². The van der Waals surface area contributed by atoms with Crippen LogP contribution in [0.25, 0.3) is 98.2 Å². The molecule has 0 radical (unpaired) electrons. The van der Waals surface area contributed by atoms with Crippen LogP contribution >= 0.6 is 11.3 Å². The van der Waals surface area contributed by atoms with Crippen LogP contribution in [0.5, 0.6) is 0 Å². The molecule has 0 saturated carbocycles. The Kier molecular flexibility index (Phi) is 5.08. The molecule has 0 aliphatic heterocycles. The molecule has 6 heteroatoms. The van der Waals surface area contributed by atoms with Gasteiger partial charge < -0.3 is 4.57 Å². The molecule has 0 N–H and O–H groups in total. The number of hydrogen-bond donors (Lipinski definition) is 0. The van der Waals surface area contributed by atoms with Crippen molar-refractivity contribution in [1.82, 2.24) is 24.1 Å². The van der Waals surface area contributed by atoms with E-state index in [0.717, 1.165) is 53.8 Å². The Hall–Kier alpha value is -6.63. The van der Waals surface area contributed by atoms with E-state index in [1.807, 2.05) is 78.9 Å². The van der Waals surface area contributed by atoms with Crippen LogP contribution in [-0.2, 0) is 0 Å². The number of thiophene rings is 1. The van der Waals surface area contributed by atoms with Gasteiger partial charge in [-0.1, -0.05) is 121 Å². The van der Waals surface area contributed by atoms with E-state index in [1.165, 1.54) is 10.1 Å². The lowest BCUT2D eigenvalue weighted by atomic mass is 10.1. The van der Waals surface area contributed by atoms with Gasteiger partial charge in [0.05, 0.1) is 28.9 Å². The highest BCUT2D eigenvalue weighted by atomic mass is 32.1. The van der Waals surface area contributed by atoms with Gasteiger partial charge in [0.25, 0.3) is 0 Å². The van der Waals surface area contributed by atoms with Gasteiger partial charge in [-0.15, -0.1) is 11.3 Å². The van der Waals surface area contributed by atoms with Crippen LogP contribution in [0.2, 0.25) is 0 Å². The number of aromatic nitrogens is 5. The minimum Gasteiger partial charge on any atom is -0.309 e. The quantitative estimate of drug-likeness (QED) is 0.187. The van der Waals surface area contributed by atoms with Gasteiger partial charge in [-0.25, -0.2) is 4.98 Å². The molecule has 238 valence electrons. The number of fused-ring (bicyclic) bond motifs is 10. The second-order valence-corrected chi connectivity index (χ2v) is 13.5. The van der Waals surface area contributed by atoms with Crippen molar-refractivity contribution in [2.24, 2.45) is 0 Å². The van der Waals surface area contributed by atoms with E-state index in [1.54, 1.807) is 15.9 Å². The van der Waals surface area contributed by atoms with Crippen molar-refractivity contribution in [3.8, 4) is 34.4 Å². The van der Waals surface area contributed by atoms with E-state index in [2.05, 4.69) is 59.2 Å². The maximum Gasteiger partial charge on any atom is 0.238 e. The van der Waals surface area contributed by atoms with Crippen LogP contribution < -0.4 is 0 Å². The Morgan fingerprint density at radius 1 is 0.490 bits per heavy atom. The van der Waals surface area contributed by atoms with Crippen LogP contribution in [0.1, 0.15) is 6.85 Å².